The summed E-state index contributed by atoms with van der Waals surface area (Å²) in [5, 5.41) is 9.20. The highest BCUT2D eigenvalue weighted by Crippen LogP contribution is 2.16. The molecule has 1 atom stereocenters. The second-order valence-electron chi connectivity index (χ2n) is 3.52. The number of carbonyl (C=O) groups is 2. The molecule has 0 unspecified atom stereocenters. The van der Waals surface area contributed by atoms with Crippen molar-refractivity contribution in [2.45, 2.75) is 19.1 Å². The maximum atomic E-state index is 11.4. The molecule has 0 aromatic heterocycles. The van der Waals surface area contributed by atoms with Crippen LogP contribution < -0.4 is 0 Å². The quantitative estimate of drug-likeness (QED) is 0.707. The van der Waals surface area contributed by atoms with Gasteiger partial charge in [-0.1, -0.05) is 30.3 Å². The van der Waals surface area contributed by atoms with E-state index in [9.17, 15) is 14.7 Å². The molecule has 15 heavy (non-hydrogen) atoms. The van der Waals surface area contributed by atoms with E-state index in [1.807, 2.05) is 30.3 Å². The van der Waals surface area contributed by atoms with Gasteiger partial charge >= 0.3 is 0 Å². The fourth-order valence-corrected chi connectivity index (χ4v) is 1.60. The summed E-state index contributed by atoms with van der Waals surface area (Å²) in [6.45, 7) is 0.246. The number of likely N-dealkylation sites (tertiary alicyclic amines) is 1. The Balaban J connectivity index is 2.13. The van der Waals surface area contributed by atoms with Gasteiger partial charge in [-0.25, -0.2) is 0 Å². The molecule has 2 amide bonds. The third-order valence-corrected chi connectivity index (χ3v) is 2.40. The van der Waals surface area contributed by atoms with Crippen LogP contribution in [0.4, 0.5) is 0 Å². The number of nitrogens with zero attached hydrogens (tertiary/aromatic N) is 1. The van der Waals surface area contributed by atoms with E-state index in [2.05, 4.69) is 0 Å². The molecular weight excluding hydrogens is 194 g/mol. The molecule has 0 aliphatic carbocycles. The third-order valence-electron chi connectivity index (χ3n) is 2.40. The first-order chi connectivity index (χ1) is 7.18. The van der Waals surface area contributed by atoms with Crippen LogP contribution in [0.3, 0.4) is 0 Å². The van der Waals surface area contributed by atoms with E-state index in [-0.39, 0.29) is 18.9 Å². The summed E-state index contributed by atoms with van der Waals surface area (Å²) in [5.41, 5.74) is 0.883. The Morgan fingerprint density at radius 2 is 1.93 bits per heavy atom. The summed E-state index contributed by atoms with van der Waals surface area (Å²) in [4.78, 5) is 23.8. The predicted molar refractivity (Wildman–Crippen MR) is 52.6 cm³/mol. The minimum atomic E-state index is -1.15. The lowest BCUT2D eigenvalue weighted by atomic mass is 10.2. The predicted octanol–water partition coefficient (Wildman–Crippen LogP) is 0.306. The van der Waals surface area contributed by atoms with Crippen LogP contribution in [0.15, 0.2) is 30.3 Å². The Bertz CT molecular complexity index is 388. The number of benzene rings is 1. The number of hydrogen-bond acceptors (Lipinski definition) is 3. The molecule has 78 valence electrons. The van der Waals surface area contributed by atoms with Crippen LogP contribution in [-0.2, 0) is 16.1 Å². The van der Waals surface area contributed by atoms with Gasteiger partial charge in [-0.05, 0) is 5.56 Å². The molecule has 1 aliphatic heterocycles. The van der Waals surface area contributed by atoms with Crippen molar-refractivity contribution in [1.29, 1.82) is 0 Å². The molecule has 1 aromatic carbocycles. The summed E-state index contributed by atoms with van der Waals surface area (Å²) in [6.07, 6.45) is -1.24. The van der Waals surface area contributed by atoms with Gasteiger partial charge in [0, 0.05) is 0 Å². The van der Waals surface area contributed by atoms with Gasteiger partial charge in [-0.2, -0.15) is 0 Å². The first-order valence-electron chi connectivity index (χ1n) is 4.74. The minimum Gasteiger partial charge on any atom is -0.383 e. The number of carbonyl (C=O) groups excluding carboxylic acids is 2. The standard InChI is InChI=1S/C11H11NO3/c13-9-6-10(14)12(11(9)15)7-8-4-2-1-3-5-8/h1-5,9,13H,6-7H2/t9-/m1/s1. The van der Waals surface area contributed by atoms with Gasteiger partial charge in [-0.15, -0.1) is 0 Å². The molecule has 0 spiro atoms. The van der Waals surface area contributed by atoms with E-state index in [1.165, 1.54) is 0 Å². The lowest BCUT2D eigenvalue weighted by Gasteiger charge is -2.13. The Kier molecular flexibility index (Phi) is 2.51. The highest BCUT2D eigenvalue weighted by atomic mass is 16.3. The van der Waals surface area contributed by atoms with Crippen LogP contribution >= 0.6 is 0 Å². The number of aliphatic hydroxyl groups is 1. The third kappa shape index (κ3) is 1.89. The van der Waals surface area contributed by atoms with E-state index in [0.29, 0.717) is 0 Å². The van der Waals surface area contributed by atoms with E-state index in [4.69, 9.17) is 0 Å². The highest BCUT2D eigenvalue weighted by Gasteiger charge is 2.36. The first-order valence-corrected chi connectivity index (χ1v) is 4.74. The van der Waals surface area contributed by atoms with E-state index in [0.717, 1.165) is 10.5 Å². The fraction of sp³-hybridized carbons (Fsp3) is 0.273. The molecule has 1 fully saturated rings. The monoisotopic (exact) mass is 205 g/mol. The summed E-state index contributed by atoms with van der Waals surface area (Å²) in [7, 11) is 0. The van der Waals surface area contributed by atoms with Crippen molar-refractivity contribution in [3.63, 3.8) is 0 Å². The molecule has 1 saturated heterocycles. The summed E-state index contributed by atoms with van der Waals surface area (Å²) in [6, 6.07) is 9.23. The lowest BCUT2D eigenvalue weighted by Crippen LogP contribution is -2.31. The highest BCUT2D eigenvalue weighted by molar-refractivity contribution is 6.04. The maximum Gasteiger partial charge on any atom is 0.258 e. The molecule has 1 heterocycles. The molecular formula is C11H11NO3. The van der Waals surface area contributed by atoms with Crippen molar-refractivity contribution in [3.8, 4) is 0 Å². The average molecular weight is 205 g/mol. The Hall–Kier alpha value is -1.68. The van der Waals surface area contributed by atoms with E-state index < -0.39 is 12.0 Å². The van der Waals surface area contributed by atoms with Gasteiger partial charge in [0.2, 0.25) is 5.91 Å². The van der Waals surface area contributed by atoms with Crippen LogP contribution in [0, 0.1) is 0 Å². The zero-order chi connectivity index (χ0) is 10.8. The van der Waals surface area contributed by atoms with Crippen molar-refractivity contribution in [1.82, 2.24) is 4.90 Å². The molecule has 0 saturated carbocycles. The molecule has 4 nitrogen and oxygen atoms in total. The van der Waals surface area contributed by atoms with Gasteiger partial charge in [-0.3, -0.25) is 14.5 Å². The molecule has 1 aliphatic rings. The van der Waals surface area contributed by atoms with Crippen LogP contribution in [0.1, 0.15) is 12.0 Å². The molecule has 1 aromatic rings. The topological polar surface area (TPSA) is 57.6 Å². The summed E-state index contributed by atoms with van der Waals surface area (Å²) < 4.78 is 0. The van der Waals surface area contributed by atoms with Crippen molar-refractivity contribution < 1.29 is 14.7 Å². The van der Waals surface area contributed by atoms with Crippen molar-refractivity contribution in [2.24, 2.45) is 0 Å². The van der Waals surface area contributed by atoms with E-state index >= 15 is 0 Å². The first kappa shape index (κ1) is 9.86. The number of imide groups is 1. The number of hydrogen-bond donors (Lipinski definition) is 1. The van der Waals surface area contributed by atoms with Crippen LogP contribution in [0.2, 0.25) is 0 Å². The van der Waals surface area contributed by atoms with Gasteiger partial charge in [0.15, 0.2) is 0 Å². The number of amides is 2. The zero-order valence-electron chi connectivity index (χ0n) is 8.09. The van der Waals surface area contributed by atoms with Crippen molar-refractivity contribution in [3.05, 3.63) is 35.9 Å². The summed E-state index contributed by atoms with van der Waals surface area (Å²) in [5.74, 6) is -0.805. The normalized spacial score (nSPS) is 21.1. The zero-order valence-corrected chi connectivity index (χ0v) is 8.09. The second-order valence-corrected chi connectivity index (χ2v) is 3.52. The Labute approximate surface area is 87.1 Å². The van der Waals surface area contributed by atoms with Crippen molar-refractivity contribution >= 4 is 11.8 Å². The van der Waals surface area contributed by atoms with Gasteiger partial charge in [0.05, 0.1) is 13.0 Å². The van der Waals surface area contributed by atoms with Crippen LogP contribution in [0.25, 0.3) is 0 Å². The maximum absolute atomic E-state index is 11.4. The van der Waals surface area contributed by atoms with Gasteiger partial charge in [0.25, 0.3) is 5.91 Å². The smallest absolute Gasteiger partial charge is 0.258 e. The molecule has 1 N–H and O–H groups in total. The lowest BCUT2D eigenvalue weighted by molar-refractivity contribution is -0.141. The van der Waals surface area contributed by atoms with Crippen molar-refractivity contribution in [2.75, 3.05) is 0 Å². The van der Waals surface area contributed by atoms with Crippen LogP contribution in [-0.4, -0.2) is 27.9 Å². The number of rotatable bonds is 2. The molecule has 2 rings (SSSR count). The largest absolute Gasteiger partial charge is 0.383 e. The van der Waals surface area contributed by atoms with Gasteiger partial charge in [0.1, 0.15) is 6.10 Å². The van der Waals surface area contributed by atoms with E-state index in [1.54, 1.807) is 0 Å². The second kappa shape index (κ2) is 3.82. The van der Waals surface area contributed by atoms with Gasteiger partial charge < -0.3 is 5.11 Å². The molecule has 4 heteroatoms. The number of aliphatic hydroxyl groups excluding tert-OH is 1. The average Bonchev–Trinajstić information content (AvgIpc) is 2.47. The minimum absolute atomic E-state index is 0.0916. The SMILES string of the molecule is O=C1C[C@@H](O)C(=O)N1Cc1ccccc1. The van der Waals surface area contributed by atoms with Crippen LogP contribution in [0.5, 0.6) is 0 Å². The molecule has 0 bridgehead atoms. The molecule has 0 radical (unpaired) electrons. The Morgan fingerprint density at radius 1 is 1.27 bits per heavy atom. The Morgan fingerprint density at radius 3 is 2.47 bits per heavy atom. The fourth-order valence-electron chi connectivity index (χ4n) is 1.60. The summed E-state index contributed by atoms with van der Waals surface area (Å²) >= 11 is 0.